The van der Waals surface area contributed by atoms with Crippen LogP contribution in [-0.2, 0) is 10.9 Å². The predicted octanol–water partition coefficient (Wildman–Crippen LogP) is 2.79. The molecule has 0 spiro atoms. The van der Waals surface area contributed by atoms with Gasteiger partial charge >= 0.3 is 6.18 Å². The number of anilines is 2. The number of nitrogens with zero attached hydrogens (tertiary/aromatic N) is 3. The molecule has 0 bridgehead atoms. The van der Waals surface area contributed by atoms with E-state index in [9.17, 15) is 13.2 Å². The van der Waals surface area contributed by atoms with Crippen LogP contribution in [0.25, 0.3) is 0 Å². The second-order valence-corrected chi connectivity index (χ2v) is 4.74. The van der Waals surface area contributed by atoms with E-state index in [1.165, 1.54) is 6.07 Å². The molecule has 0 atom stereocenters. The molecule has 1 heterocycles. The van der Waals surface area contributed by atoms with Crippen LogP contribution in [0.4, 0.5) is 24.8 Å². The van der Waals surface area contributed by atoms with Crippen LogP contribution in [0.3, 0.4) is 0 Å². The third-order valence-corrected chi connectivity index (χ3v) is 2.78. The number of hydrogen-bond donors (Lipinski definition) is 1. The first kappa shape index (κ1) is 17.5. The van der Waals surface area contributed by atoms with E-state index >= 15 is 0 Å². The van der Waals surface area contributed by atoms with Gasteiger partial charge in [0, 0.05) is 32.3 Å². The minimum absolute atomic E-state index is 0.00869. The molecule has 0 aromatic carbocycles. The zero-order valence-electron chi connectivity index (χ0n) is 12.7. The molecule has 1 aromatic rings. The summed E-state index contributed by atoms with van der Waals surface area (Å²) < 4.78 is 43.7. The van der Waals surface area contributed by atoms with Crippen LogP contribution in [0.5, 0.6) is 0 Å². The van der Waals surface area contributed by atoms with Gasteiger partial charge in [0.1, 0.15) is 11.6 Å². The van der Waals surface area contributed by atoms with Gasteiger partial charge in [0.05, 0.1) is 6.61 Å². The highest BCUT2D eigenvalue weighted by Crippen LogP contribution is 2.29. The summed E-state index contributed by atoms with van der Waals surface area (Å²) in [5, 5.41) is 2.80. The summed E-state index contributed by atoms with van der Waals surface area (Å²) in [4.78, 5) is 8.92. The van der Waals surface area contributed by atoms with E-state index in [1.54, 1.807) is 18.9 Å². The number of alkyl halides is 3. The summed E-state index contributed by atoms with van der Waals surface area (Å²) in [6.07, 6.45) is -4.58. The van der Waals surface area contributed by atoms with E-state index in [4.69, 9.17) is 4.74 Å². The van der Waals surface area contributed by atoms with Gasteiger partial charge in [-0.05, 0) is 20.8 Å². The maximum atomic E-state index is 12.9. The molecule has 8 heteroatoms. The van der Waals surface area contributed by atoms with Gasteiger partial charge in [-0.25, -0.2) is 9.97 Å². The van der Waals surface area contributed by atoms with Crippen molar-refractivity contribution in [1.29, 1.82) is 0 Å². The Hall–Kier alpha value is -1.57. The molecule has 0 aliphatic carbocycles. The zero-order chi connectivity index (χ0) is 16.0. The molecule has 0 aliphatic heterocycles. The first-order chi connectivity index (χ1) is 9.79. The van der Waals surface area contributed by atoms with Crippen molar-refractivity contribution in [2.45, 2.75) is 33.0 Å². The normalized spacial score (nSPS) is 11.8. The minimum atomic E-state index is -4.58. The molecule has 0 aliphatic rings. The maximum absolute atomic E-state index is 12.9. The second kappa shape index (κ2) is 7.44. The van der Waals surface area contributed by atoms with Gasteiger partial charge in [-0.1, -0.05) is 0 Å². The average molecular weight is 306 g/mol. The third kappa shape index (κ3) is 5.04. The lowest BCUT2D eigenvalue weighted by atomic mass is 10.3. The van der Waals surface area contributed by atoms with Crippen LogP contribution in [-0.4, -0.2) is 42.8 Å². The van der Waals surface area contributed by atoms with Crippen molar-refractivity contribution in [1.82, 2.24) is 9.97 Å². The van der Waals surface area contributed by atoms with E-state index in [0.717, 1.165) is 0 Å². The van der Waals surface area contributed by atoms with Crippen molar-refractivity contribution >= 4 is 11.6 Å². The van der Waals surface area contributed by atoms with Crippen molar-refractivity contribution in [2.24, 2.45) is 0 Å². The number of ether oxygens (including phenoxy) is 1. The van der Waals surface area contributed by atoms with Crippen molar-refractivity contribution in [2.75, 3.05) is 37.0 Å². The summed E-state index contributed by atoms with van der Waals surface area (Å²) >= 11 is 0. The van der Waals surface area contributed by atoms with E-state index < -0.39 is 12.0 Å². The molecule has 5 nitrogen and oxygen atoms in total. The van der Waals surface area contributed by atoms with Crippen LogP contribution < -0.4 is 10.2 Å². The smallest absolute Gasteiger partial charge is 0.383 e. The third-order valence-electron chi connectivity index (χ3n) is 2.78. The number of rotatable bonds is 7. The molecule has 1 rings (SSSR count). The van der Waals surface area contributed by atoms with Crippen LogP contribution >= 0.6 is 0 Å². The summed E-state index contributed by atoms with van der Waals surface area (Å²) in [7, 11) is 1.55. The van der Waals surface area contributed by atoms with Crippen molar-refractivity contribution < 1.29 is 17.9 Å². The van der Waals surface area contributed by atoms with E-state index in [1.807, 2.05) is 13.8 Å². The van der Waals surface area contributed by atoms with Gasteiger partial charge in [-0.15, -0.1) is 0 Å². The lowest BCUT2D eigenvalue weighted by Crippen LogP contribution is -2.35. The highest BCUT2D eigenvalue weighted by Gasteiger charge is 2.36. The Balaban J connectivity index is 3.21. The summed E-state index contributed by atoms with van der Waals surface area (Å²) in [6.45, 7) is 6.90. The van der Waals surface area contributed by atoms with E-state index in [0.29, 0.717) is 19.7 Å². The monoisotopic (exact) mass is 306 g/mol. The fourth-order valence-corrected chi connectivity index (χ4v) is 1.81. The van der Waals surface area contributed by atoms with Gasteiger partial charge < -0.3 is 15.0 Å². The Bertz CT molecular complexity index is 452. The topological polar surface area (TPSA) is 50.3 Å². The quantitative estimate of drug-likeness (QED) is 0.839. The number of halogens is 3. The van der Waals surface area contributed by atoms with Crippen LogP contribution in [0.15, 0.2) is 6.07 Å². The molecule has 21 heavy (non-hydrogen) atoms. The molecule has 120 valence electrons. The molecule has 0 saturated heterocycles. The largest absolute Gasteiger partial charge is 0.451 e. The van der Waals surface area contributed by atoms with Crippen LogP contribution in [0.2, 0.25) is 0 Å². The number of nitrogens with one attached hydrogen (secondary N) is 1. The molecule has 1 N–H and O–H groups in total. The summed E-state index contributed by atoms with van der Waals surface area (Å²) in [5.41, 5.74) is 0. The molecule has 0 fully saturated rings. The lowest BCUT2D eigenvalue weighted by Gasteiger charge is -2.28. The van der Waals surface area contributed by atoms with Gasteiger partial charge in [0.2, 0.25) is 5.82 Å². The first-order valence-electron chi connectivity index (χ1n) is 6.75. The van der Waals surface area contributed by atoms with Crippen LogP contribution in [0.1, 0.15) is 26.6 Å². The Labute approximate surface area is 122 Å². The molecular formula is C13H21F3N4O. The number of aromatic nitrogens is 2. The highest BCUT2D eigenvalue weighted by molar-refractivity contribution is 5.50. The standard InChI is InChI=1S/C13H21F3N4O/c1-5-17-10-8-11(19-12(18-10)13(14,15)16)20(9(2)3)6-7-21-4/h8-9H,5-7H2,1-4H3,(H,17,18,19). The van der Waals surface area contributed by atoms with Gasteiger partial charge in [0.25, 0.3) is 0 Å². The lowest BCUT2D eigenvalue weighted by molar-refractivity contribution is -0.144. The molecule has 0 radical (unpaired) electrons. The summed E-state index contributed by atoms with van der Waals surface area (Å²) in [6, 6.07) is 1.51. The fraction of sp³-hybridized carbons (Fsp3) is 0.692. The predicted molar refractivity (Wildman–Crippen MR) is 75.6 cm³/mol. The minimum Gasteiger partial charge on any atom is -0.383 e. The SMILES string of the molecule is CCNc1cc(N(CCOC)C(C)C)nc(C(F)(F)F)n1. The van der Waals surface area contributed by atoms with Crippen LogP contribution in [0, 0.1) is 0 Å². The van der Waals surface area contributed by atoms with E-state index in [2.05, 4.69) is 15.3 Å². The summed E-state index contributed by atoms with van der Waals surface area (Å²) in [5.74, 6) is -0.739. The highest BCUT2D eigenvalue weighted by atomic mass is 19.4. The van der Waals surface area contributed by atoms with Crippen molar-refractivity contribution in [3.63, 3.8) is 0 Å². The molecular weight excluding hydrogens is 285 g/mol. The Morgan fingerprint density at radius 1 is 1.33 bits per heavy atom. The van der Waals surface area contributed by atoms with Gasteiger partial charge in [0.15, 0.2) is 0 Å². The fourth-order valence-electron chi connectivity index (χ4n) is 1.81. The number of methoxy groups -OCH3 is 1. The first-order valence-corrected chi connectivity index (χ1v) is 6.75. The molecule has 0 unspecified atom stereocenters. The van der Waals surface area contributed by atoms with Gasteiger partial charge in [-0.2, -0.15) is 13.2 Å². The molecule has 0 amide bonds. The molecule has 0 saturated carbocycles. The molecule has 1 aromatic heterocycles. The number of hydrogen-bond acceptors (Lipinski definition) is 5. The average Bonchev–Trinajstić information content (AvgIpc) is 2.38. The Morgan fingerprint density at radius 2 is 2.00 bits per heavy atom. The Kier molecular flexibility index (Phi) is 6.19. The second-order valence-electron chi connectivity index (χ2n) is 4.74. The Morgan fingerprint density at radius 3 is 2.48 bits per heavy atom. The zero-order valence-corrected chi connectivity index (χ0v) is 12.7. The maximum Gasteiger partial charge on any atom is 0.451 e. The van der Waals surface area contributed by atoms with Crippen molar-refractivity contribution in [3.05, 3.63) is 11.9 Å². The van der Waals surface area contributed by atoms with Crippen molar-refractivity contribution in [3.8, 4) is 0 Å². The van der Waals surface area contributed by atoms with E-state index in [-0.39, 0.29) is 17.7 Å². The van der Waals surface area contributed by atoms with Gasteiger partial charge in [-0.3, -0.25) is 0 Å².